The van der Waals surface area contributed by atoms with Crippen molar-refractivity contribution in [1.29, 1.82) is 0 Å². The lowest BCUT2D eigenvalue weighted by molar-refractivity contribution is -0.759. The summed E-state index contributed by atoms with van der Waals surface area (Å²) in [4.78, 5) is 33.5. The number of thioether (sulfide) groups is 1. The van der Waals surface area contributed by atoms with Crippen molar-refractivity contribution in [1.82, 2.24) is 5.27 Å². The zero-order valence-corrected chi connectivity index (χ0v) is 20.6. The van der Waals surface area contributed by atoms with E-state index in [2.05, 4.69) is 15.6 Å². The van der Waals surface area contributed by atoms with Crippen LogP contribution in [0.5, 0.6) is 0 Å². The Labute approximate surface area is 216 Å². The lowest BCUT2D eigenvalue weighted by Crippen LogP contribution is -2.62. The smallest absolute Gasteiger partial charge is 0.305 e. The molecule has 12 heteroatoms. The minimum absolute atomic E-state index is 0.0158. The highest BCUT2D eigenvalue weighted by molar-refractivity contribution is 8.14. The van der Waals surface area contributed by atoms with E-state index < -0.39 is 0 Å². The average molecular weight is 526 g/mol. The number of para-hydroxylation sites is 1. The van der Waals surface area contributed by atoms with Crippen LogP contribution < -0.4 is 20.0 Å². The summed E-state index contributed by atoms with van der Waals surface area (Å²) in [6.07, 6.45) is 3.30. The molecule has 2 aliphatic heterocycles. The largest absolute Gasteiger partial charge is 0.377 e. The number of nitrogens with zero attached hydrogens (tertiary/aromatic N) is 5. The maximum absolute atomic E-state index is 13.2. The molecular formula is C24H22ClN6O4S+. The topological polar surface area (TPSA) is 104 Å². The second-order valence-corrected chi connectivity index (χ2v) is 9.22. The molecule has 0 saturated carbocycles. The van der Waals surface area contributed by atoms with Gasteiger partial charge in [-0.3, -0.25) is 24.3 Å². The highest BCUT2D eigenvalue weighted by Gasteiger charge is 2.32. The number of morpholine rings is 1. The van der Waals surface area contributed by atoms with E-state index in [1.54, 1.807) is 29.2 Å². The molecule has 2 aliphatic rings. The number of aromatic nitrogens is 2. The van der Waals surface area contributed by atoms with Gasteiger partial charge < -0.3 is 4.74 Å². The second kappa shape index (κ2) is 10.9. The van der Waals surface area contributed by atoms with E-state index >= 15 is 0 Å². The van der Waals surface area contributed by atoms with Crippen molar-refractivity contribution >= 4 is 58.0 Å². The van der Waals surface area contributed by atoms with Gasteiger partial charge in [0.05, 0.1) is 42.5 Å². The van der Waals surface area contributed by atoms with Crippen molar-refractivity contribution in [2.45, 2.75) is 0 Å². The van der Waals surface area contributed by atoms with Gasteiger partial charge in [0.1, 0.15) is 5.70 Å². The monoisotopic (exact) mass is 525 g/mol. The minimum Gasteiger partial charge on any atom is -0.377 e. The fraction of sp³-hybridized carbons (Fsp3) is 0.208. The van der Waals surface area contributed by atoms with Gasteiger partial charge in [0.25, 0.3) is 12.1 Å². The van der Waals surface area contributed by atoms with Crippen LogP contribution >= 0.6 is 23.4 Å². The van der Waals surface area contributed by atoms with Crippen LogP contribution in [0.3, 0.4) is 0 Å². The molecule has 0 radical (unpaired) electrons. The Morgan fingerprint density at radius 3 is 2.64 bits per heavy atom. The highest BCUT2D eigenvalue weighted by atomic mass is 35.5. The molecule has 1 saturated heterocycles. The van der Waals surface area contributed by atoms with Gasteiger partial charge >= 0.3 is 5.88 Å². The summed E-state index contributed by atoms with van der Waals surface area (Å²) in [6, 6.07) is 16.3. The molecule has 1 aromatic heterocycles. The van der Waals surface area contributed by atoms with E-state index in [0.717, 1.165) is 17.3 Å². The third-order valence-electron chi connectivity index (χ3n) is 5.35. The first-order valence-electron chi connectivity index (χ1n) is 11.2. The van der Waals surface area contributed by atoms with Crippen molar-refractivity contribution in [3.63, 3.8) is 0 Å². The third kappa shape index (κ3) is 5.59. The molecule has 0 spiro atoms. The number of amides is 2. The SMILES string of the molecule is O=C(CSC1=N/C(=C/c2ccc(Cl)cc2)C(=O)N1c1ccccc1)Nc1c[n+](N2CCOCC2)no1. The van der Waals surface area contributed by atoms with E-state index in [0.29, 0.717) is 42.2 Å². The summed E-state index contributed by atoms with van der Waals surface area (Å²) in [5, 5.41) is 9.60. The Hall–Kier alpha value is -3.67. The molecule has 0 atom stereocenters. The molecule has 0 bridgehead atoms. The summed E-state index contributed by atoms with van der Waals surface area (Å²) in [6.45, 7) is 2.56. The van der Waals surface area contributed by atoms with Crippen LogP contribution in [0.25, 0.3) is 6.08 Å². The van der Waals surface area contributed by atoms with E-state index in [1.807, 2.05) is 47.5 Å². The van der Waals surface area contributed by atoms with Crippen LogP contribution in [0.15, 0.2) is 76.0 Å². The normalized spacial score (nSPS) is 17.0. The zero-order chi connectivity index (χ0) is 24.9. The minimum atomic E-state index is -0.316. The number of anilines is 2. The summed E-state index contributed by atoms with van der Waals surface area (Å²) in [7, 11) is 0. The van der Waals surface area contributed by atoms with Gasteiger partial charge in [-0.1, -0.05) is 53.7 Å². The number of carbonyl (C=O) groups is 2. The van der Waals surface area contributed by atoms with Crippen LogP contribution in [0.2, 0.25) is 5.02 Å². The first-order chi connectivity index (χ1) is 17.6. The van der Waals surface area contributed by atoms with Gasteiger partial charge in [0, 0.05) is 5.02 Å². The Kier molecular flexibility index (Phi) is 7.31. The number of amidine groups is 1. The average Bonchev–Trinajstić information content (AvgIpc) is 3.49. The Balaban J connectivity index is 1.29. The van der Waals surface area contributed by atoms with E-state index in [4.69, 9.17) is 20.9 Å². The van der Waals surface area contributed by atoms with E-state index in [9.17, 15) is 9.59 Å². The number of halogens is 1. The predicted molar refractivity (Wildman–Crippen MR) is 137 cm³/mol. The van der Waals surface area contributed by atoms with Crippen LogP contribution in [-0.2, 0) is 14.3 Å². The Bertz CT molecular complexity index is 1310. The summed E-state index contributed by atoms with van der Waals surface area (Å²) >= 11 is 7.12. The summed E-state index contributed by atoms with van der Waals surface area (Å²) < 4.78 is 10.6. The van der Waals surface area contributed by atoms with Crippen LogP contribution in [0.1, 0.15) is 5.56 Å². The number of hydrogen-bond acceptors (Lipinski definition) is 8. The van der Waals surface area contributed by atoms with Gasteiger partial charge in [0.2, 0.25) is 11.2 Å². The summed E-state index contributed by atoms with van der Waals surface area (Å²) in [5.74, 6) is -0.355. The second-order valence-electron chi connectivity index (χ2n) is 7.84. The molecule has 5 rings (SSSR count). The van der Waals surface area contributed by atoms with Crippen LogP contribution in [0.4, 0.5) is 11.6 Å². The molecule has 0 aliphatic carbocycles. The number of aliphatic imine (C=N–C) groups is 1. The van der Waals surface area contributed by atoms with Crippen molar-refractivity contribution in [2.75, 3.05) is 47.3 Å². The Morgan fingerprint density at radius 1 is 1.14 bits per heavy atom. The first-order valence-corrected chi connectivity index (χ1v) is 12.5. The number of hydrogen-bond donors (Lipinski definition) is 1. The number of benzene rings is 2. The van der Waals surface area contributed by atoms with Crippen molar-refractivity contribution in [3.05, 3.63) is 77.1 Å². The van der Waals surface area contributed by atoms with Gasteiger partial charge in [-0.25, -0.2) is 4.99 Å². The molecule has 2 amide bonds. The van der Waals surface area contributed by atoms with E-state index in [-0.39, 0.29) is 29.1 Å². The molecule has 10 nitrogen and oxygen atoms in total. The lowest BCUT2D eigenvalue weighted by Gasteiger charge is -2.18. The summed E-state index contributed by atoms with van der Waals surface area (Å²) in [5.41, 5.74) is 1.73. The van der Waals surface area contributed by atoms with Crippen molar-refractivity contribution in [2.24, 2.45) is 4.99 Å². The molecule has 3 heterocycles. The van der Waals surface area contributed by atoms with Gasteiger partial charge in [-0.2, -0.15) is 0 Å². The number of ether oxygens (including phenoxy) is 1. The fourth-order valence-corrected chi connectivity index (χ4v) is 4.54. The first kappa shape index (κ1) is 24.0. The molecule has 1 N–H and O–H groups in total. The molecule has 3 aromatic rings. The fourth-order valence-electron chi connectivity index (χ4n) is 3.60. The molecule has 2 aromatic carbocycles. The lowest BCUT2D eigenvalue weighted by atomic mass is 10.2. The zero-order valence-electron chi connectivity index (χ0n) is 19.0. The van der Waals surface area contributed by atoms with Gasteiger partial charge in [0.15, 0.2) is 5.17 Å². The molecule has 184 valence electrons. The molecular weight excluding hydrogens is 504 g/mol. The maximum Gasteiger partial charge on any atom is 0.305 e. The van der Waals surface area contributed by atoms with E-state index in [1.165, 1.54) is 4.90 Å². The molecule has 36 heavy (non-hydrogen) atoms. The highest BCUT2D eigenvalue weighted by Crippen LogP contribution is 2.29. The maximum atomic E-state index is 13.2. The standard InChI is InChI=1S/C24H21ClN6O4S/c25-18-8-6-17(7-9-18)14-20-23(33)31(19-4-2-1-3-5-19)24(26-20)36-16-21(32)27-22-15-30(28-35-22)29-10-12-34-13-11-29/h1-9,14-15H,10-13,16H2/p+1/b20-14+. The molecule has 0 unspecified atom stereocenters. The van der Waals surface area contributed by atoms with Crippen LogP contribution in [-0.4, -0.2) is 54.3 Å². The molecule has 1 fully saturated rings. The third-order valence-corrected chi connectivity index (χ3v) is 6.54. The number of rotatable bonds is 6. The number of nitrogens with one attached hydrogen (secondary N) is 1. The predicted octanol–water partition coefficient (Wildman–Crippen LogP) is 2.70. The van der Waals surface area contributed by atoms with Crippen molar-refractivity contribution < 1.29 is 23.6 Å². The Morgan fingerprint density at radius 2 is 1.89 bits per heavy atom. The number of carbonyl (C=O) groups excluding carboxylic acids is 2. The van der Waals surface area contributed by atoms with Gasteiger partial charge in [-0.15, -0.1) is 5.01 Å². The van der Waals surface area contributed by atoms with Crippen molar-refractivity contribution in [3.8, 4) is 0 Å². The quantitative estimate of drug-likeness (QED) is 0.390. The van der Waals surface area contributed by atoms with Crippen LogP contribution in [0, 0.1) is 0 Å². The van der Waals surface area contributed by atoms with Gasteiger partial charge in [-0.05, 0) is 35.9 Å².